The second kappa shape index (κ2) is 5.17. The highest BCUT2D eigenvalue weighted by atomic mass is 32.2. The maximum atomic E-state index is 5.94. The molecule has 0 saturated heterocycles. The van der Waals surface area contributed by atoms with Gasteiger partial charge in [0.1, 0.15) is 5.75 Å². The van der Waals surface area contributed by atoms with Gasteiger partial charge in [-0.3, -0.25) is 0 Å². The van der Waals surface area contributed by atoms with Crippen molar-refractivity contribution < 1.29 is 4.74 Å². The third-order valence-corrected chi connectivity index (χ3v) is 4.66. The number of fused-ring (bicyclic) bond motifs is 1. The molecule has 1 heterocycles. The summed E-state index contributed by atoms with van der Waals surface area (Å²) in [4.78, 5) is 1.38. The van der Waals surface area contributed by atoms with Crippen LogP contribution in [0, 0.1) is 6.92 Å². The Bertz CT molecular complexity index is 597. The minimum absolute atomic E-state index is 0.459. The lowest BCUT2D eigenvalue weighted by Crippen LogP contribution is -2.10. The van der Waals surface area contributed by atoms with Crippen molar-refractivity contribution in [3.05, 3.63) is 53.6 Å². The standard InChI is InChI=1S/C16H17NOS/c1-11-6-7-14(17)15(8-11)18-9-12-10-19-16-5-3-2-4-13(12)16/h2-8,12H,9-10,17H2,1H3. The van der Waals surface area contributed by atoms with E-state index in [-0.39, 0.29) is 0 Å². The van der Waals surface area contributed by atoms with Crippen molar-refractivity contribution in [3.8, 4) is 5.75 Å². The number of nitrogen functional groups attached to an aromatic ring is 1. The van der Waals surface area contributed by atoms with Crippen molar-refractivity contribution in [2.45, 2.75) is 17.7 Å². The normalized spacial score (nSPS) is 17.2. The summed E-state index contributed by atoms with van der Waals surface area (Å²) in [6, 6.07) is 14.5. The van der Waals surface area contributed by atoms with Crippen molar-refractivity contribution in [2.24, 2.45) is 0 Å². The molecule has 0 radical (unpaired) electrons. The molecule has 1 aliphatic rings. The van der Waals surface area contributed by atoms with Gasteiger partial charge in [0.15, 0.2) is 0 Å². The molecule has 0 saturated carbocycles. The monoisotopic (exact) mass is 271 g/mol. The zero-order valence-electron chi connectivity index (χ0n) is 10.9. The maximum Gasteiger partial charge on any atom is 0.142 e. The lowest BCUT2D eigenvalue weighted by atomic mass is 10.0. The van der Waals surface area contributed by atoms with E-state index in [2.05, 4.69) is 24.3 Å². The average molecular weight is 271 g/mol. The van der Waals surface area contributed by atoms with Crippen LogP contribution >= 0.6 is 11.8 Å². The third-order valence-electron chi connectivity index (χ3n) is 3.41. The van der Waals surface area contributed by atoms with Crippen molar-refractivity contribution in [1.82, 2.24) is 0 Å². The molecule has 98 valence electrons. The molecule has 0 aliphatic carbocycles. The van der Waals surface area contributed by atoms with Gasteiger partial charge in [-0.15, -0.1) is 11.8 Å². The van der Waals surface area contributed by atoms with Gasteiger partial charge in [0, 0.05) is 16.6 Å². The van der Waals surface area contributed by atoms with E-state index >= 15 is 0 Å². The predicted molar refractivity (Wildman–Crippen MR) is 81.0 cm³/mol. The van der Waals surface area contributed by atoms with E-state index in [4.69, 9.17) is 10.5 Å². The van der Waals surface area contributed by atoms with Gasteiger partial charge < -0.3 is 10.5 Å². The minimum Gasteiger partial charge on any atom is -0.491 e. The fourth-order valence-electron chi connectivity index (χ4n) is 2.32. The summed E-state index contributed by atoms with van der Waals surface area (Å²) in [5, 5.41) is 0. The van der Waals surface area contributed by atoms with E-state index in [1.165, 1.54) is 16.0 Å². The maximum absolute atomic E-state index is 5.94. The number of ether oxygens (including phenoxy) is 1. The van der Waals surface area contributed by atoms with Crippen molar-refractivity contribution in [2.75, 3.05) is 18.1 Å². The molecule has 3 heteroatoms. The first kappa shape index (κ1) is 12.4. The molecule has 0 bridgehead atoms. The van der Waals surface area contributed by atoms with Crippen LogP contribution in [-0.4, -0.2) is 12.4 Å². The summed E-state index contributed by atoms with van der Waals surface area (Å²) >= 11 is 1.91. The number of rotatable bonds is 3. The average Bonchev–Trinajstić information content (AvgIpc) is 2.83. The lowest BCUT2D eigenvalue weighted by molar-refractivity contribution is 0.299. The molecular weight excluding hydrogens is 254 g/mol. The Balaban J connectivity index is 1.72. The first-order chi connectivity index (χ1) is 9.24. The molecule has 1 unspecified atom stereocenters. The molecule has 0 amide bonds. The fraction of sp³-hybridized carbons (Fsp3) is 0.250. The van der Waals surface area contributed by atoms with Crippen LogP contribution < -0.4 is 10.5 Å². The number of nitrogens with two attached hydrogens (primary N) is 1. The Kier molecular flexibility index (Phi) is 3.38. The second-order valence-corrected chi connectivity index (χ2v) is 5.96. The summed E-state index contributed by atoms with van der Waals surface area (Å²) in [5.74, 6) is 2.35. The Hall–Kier alpha value is -1.61. The summed E-state index contributed by atoms with van der Waals surface area (Å²) in [7, 11) is 0. The van der Waals surface area contributed by atoms with E-state index in [9.17, 15) is 0 Å². The van der Waals surface area contributed by atoms with Crippen LogP contribution in [0.5, 0.6) is 5.75 Å². The molecule has 0 aromatic heterocycles. The summed E-state index contributed by atoms with van der Waals surface area (Å²) < 4.78 is 5.92. The molecule has 0 fully saturated rings. The predicted octanol–water partition coefficient (Wildman–Crippen LogP) is 3.85. The lowest BCUT2D eigenvalue weighted by Gasteiger charge is -2.14. The zero-order chi connectivity index (χ0) is 13.2. The number of hydrogen-bond donors (Lipinski definition) is 1. The quantitative estimate of drug-likeness (QED) is 0.861. The highest BCUT2D eigenvalue weighted by Crippen LogP contribution is 2.39. The van der Waals surface area contributed by atoms with Crippen LogP contribution in [0.25, 0.3) is 0 Å². The zero-order valence-corrected chi connectivity index (χ0v) is 11.7. The van der Waals surface area contributed by atoms with Gasteiger partial charge in [-0.05, 0) is 36.2 Å². The van der Waals surface area contributed by atoms with E-state index in [0.29, 0.717) is 18.2 Å². The number of benzene rings is 2. The van der Waals surface area contributed by atoms with Crippen LogP contribution in [0.1, 0.15) is 17.0 Å². The highest BCUT2D eigenvalue weighted by Gasteiger charge is 2.23. The summed E-state index contributed by atoms with van der Waals surface area (Å²) in [6.07, 6.45) is 0. The number of thioether (sulfide) groups is 1. The molecule has 19 heavy (non-hydrogen) atoms. The summed E-state index contributed by atoms with van der Waals surface area (Å²) in [5.41, 5.74) is 9.22. The van der Waals surface area contributed by atoms with Crippen LogP contribution in [0.4, 0.5) is 5.69 Å². The summed E-state index contributed by atoms with van der Waals surface area (Å²) in [6.45, 7) is 2.74. The first-order valence-corrected chi connectivity index (χ1v) is 7.43. The van der Waals surface area contributed by atoms with Gasteiger partial charge in [0.25, 0.3) is 0 Å². The van der Waals surface area contributed by atoms with Gasteiger partial charge in [0.05, 0.1) is 12.3 Å². The van der Waals surface area contributed by atoms with E-state index < -0.39 is 0 Å². The van der Waals surface area contributed by atoms with Crippen molar-refractivity contribution in [3.63, 3.8) is 0 Å². The van der Waals surface area contributed by atoms with Gasteiger partial charge in [-0.1, -0.05) is 24.3 Å². The van der Waals surface area contributed by atoms with Crippen molar-refractivity contribution in [1.29, 1.82) is 0 Å². The van der Waals surface area contributed by atoms with Gasteiger partial charge >= 0.3 is 0 Å². The largest absolute Gasteiger partial charge is 0.491 e. The number of anilines is 1. The van der Waals surface area contributed by atoms with E-state index in [0.717, 1.165) is 11.5 Å². The molecule has 2 aromatic rings. The molecule has 2 aromatic carbocycles. The van der Waals surface area contributed by atoms with E-state index in [1.807, 2.05) is 36.9 Å². The highest BCUT2D eigenvalue weighted by molar-refractivity contribution is 7.99. The SMILES string of the molecule is Cc1ccc(N)c(OCC2CSc3ccccc32)c1. The van der Waals surface area contributed by atoms with Crippen LogP contribution in [0.15, 0.2) is 47.4 Å². The number of aryl methyl sites for hydroxylation is 1. The molecule has 0 spiro atoms. The molecule has 1 atom stereocenters. The smallest absolute Gasteiger partial charge is 0.142 e. The Morgan fingerprint density at radius 1 is 1.26 bits per heavy atom. The Morgan fingerprint density at radius 3 is 3.00 bits per heavy atom. The Labute approximate surface area is 118 Å². The molecule has 3 rings (SSSR count). The second-order valence-electron chi connectivity index (χ2n) is 4.90. The molecular formula is C16H17NOS. The van der Waals surface area contributed by atoms with Crippen LogP contribution in [0.2, 0.25) is 0 Å². The van der Waals surface area contributed by atoms with Gasteiger partial charge in [0.2, 0.25) is 0 Å². The minimum atomic E-state index is 0.459. The van der Waals surface area contributed by atoms with Crippen molar-refractivity contribution >= 4 is 17.4 Å². The Morgan fingerprint density at radius 2 is 2.11 bits per heavy atom. The molecule has 2 nitrogen and oxygen atoms in total. The topological polar surface area (TPSA) is 35.2 Å². The first-order valence-electron chi connectivity index (χ1n) is 6.44. The molecule has 1 aliphatic heterocycles. The fourth-order valence-corrected chi connectivity index (χ4v) is 3.56. The van der Waals surface area contributed by atoms with Gasteiger partial charge in [-0.25, -0.2) is 0 Å². The van der Waals surface area contributed by atoms with E-state index in [1.54, 1.807) is 0 Å². The van der Waals surface area contributed by atoms with Crippen LogP contribution in [-0.2, 0) is 0 Å². The van der Waals surface area contributed by atoms with Crippen LogP contribution in [0.3, 0.4) is 0 Å². The van der Waals surface area contributed by atoms with Gasteiger partial charge in [-0.2, -0.15) is 0 Å². The number of hydrogen-bond acceptors (Lipinski definition) is 3. The molecule has 2 N–H and O–H groups in total. The third kappa shape index (κ3) is 2.56.